The molecule has 2 heteroatoms. The van der Waals surface area contributed by atoms with E-state index in [9.17, 15) is 0 Å². The zero-order chi connectivity index (χ0) is 27.6. The number of benzene rings is 7. The predicted octanol–water partition coefficient (Wildman–Crippen LogP) is 11.6. The summed E-state index contributed by atoms with van der Waals surface area (Å²) in [5.41, 5.74) is 8.64. The van der Waals surface area contributed by atoms with Crippen LogP contribution in [-0.2, 0) is 0 Å². The molecule has 0 bridgehead atoms. The van der Waals surface area contributed by atoms with Gasteiger partial charge in [0.15, 0.2) is 0 Å². The molecule has 9 rings (SSSR count). The number of hydrogen-bond donors (Lipinski definition) is 0. The van der Waals surface area contributed by atoms with Gasteiger partial charge in [0.2, 0.25) is 0 Å². The third-order valence-electron chi connectivity index (χ3n) is 8.61. The van der Waals surface area contributed by atoms with Crippen LogP contribution in [0.4, 0.5) is 0 Å². The minimum Gasteiger partial charge on any atom is -0.309 e. The molecule has 0 aliphatic rings. The van der Waals surface area contributed by atoms with E-state index < -0.39 is 0 Å². The van der Waals surface area contributed by atoms with E-state index in [-0.39, 0.29) is 0 Å². The Morgan fingerprint density at radius 2 is 0.976 bits per heavy atom. The molecule has 0 N–H and O–H groups in total. The molecule has 0 spiro atoms. The highest BCUT2D eigenvalue weighted by molar-refractivity contribution is 7.25. The molecule has 0 aliphatic carbocycles. The lowest BCUT2D eigenvalue weighted by Gasteiger charge is -2.15. The Bertz CT molecular complexity index is 2460. The molecule has 196 valence electrons. The van der Waals surface area contributed by atoms with E-state index in [2.05, 4.69) is 156 Å². The second-order valence-corrected chi connectivity index (χ2v) is 12.0. The van der Waals surface area contributed by atoms with Gasteiger partial charge < -0.3 is 4.57 Å². The number of fused-ring (bicyclic) bond motifs is 7. The van der Waals surface area contributed by atoms with Crippen LogP contribution in [0.25, 0.3) is 80.7 Å². The molecule has 0 atom stereocenters. The van der Waals surface area contributed by atoms with Crippen molar-refractivity contribution in [2.45, 2.75) is 0 Å². The zero-order valence-corrected chi connectivity index (χ0v) is 23.6. The van der Waals surface area contributed by atoms with Gasteiger partial charge in [0, 0.05) is 36.3 Å². The molecule has 0 aliphatic heterocycles. The summed E-state index contributed by atoms with van der Waals surface area (Å²) in [4.78, 5) is 0. The lowest BCUT2D eigenvalue weighted by atomic mass is 9.97. The van der Waals surface area contributed by atoms with Crippen LogP contribution < -0.4 is 0 Å². The molecule has 0 unspecified atom stereocenters. The van der Waals surface area contributed by atoms with Crippen molar-refractivity contribution in [1.29, 1.82) is 0 Å². The van der Waals surface area contributed by atoms with Crippen LogP contribution >= 0.6 is 11.3 Å². The first-order valence-electron chi connectivity index (χ1n) is 14.4. The van der Waals surface area contributed by atoms with Crippen LogP contribution in [0.5, 0.6) is 0 Å². The fraction of sp³-hybridized carbons (Fsp3) is 0. The highest BCUT2D eigenvalue weighted by Gasteiger charge is 2.17. The van der Waals surface area contributed by atoms with Gasteiger partial charge in [-0.3, -0.25) is 0 Å². The molecule has 0 radical (unpaired) electrons. The highest BCUT2D eigenvalue weighted by Crippen LogP contribution is 2.40. The van der Waals surface area contributed by atoms with Gasteiger partial charge in [-0.05, 0) is 70.1 Å². The van der Waals surface area contributed by atoms with Gasteiger partial charge in [0.05, 0.1) is 16.7 Å². The number of aromatic nitrogens is 1. The van der Waals surface area contributed by atoms with E-state index in [4.69, 9.17) is 0 Å². The average Bonchev–Trinajstić information content (AvgIpc) is 3.59. The van der Waals surface area contributed by atoms with Crippen molar-refractivity contribution >= 4 is 64.1 Å². The standard InChI is InChI=1S/C40H25NS/c1-2-10-26(11-3-1)29-20-22-37(31-13-5-4-12-30(29)31)41-36-16-8-6-14-32(36)34-24-27(18-21-38(34)41)28-19-23-40-35(25-28)33-15-7-9-17-39(33)42-40/h1-25H. The molecular weight excluding hydrogens is 527 g/mol. The Hall–Kier alpha value is -5.18. The molecule has 2 aromatic heterocycles. The monoisotopic (exact) mass is 551 g/mol. The summed E-state index contributed by atoms with van der Waals surface area (Å²) in [7, 11) is 0. The first kappa shape index (κ1) is 23.5. The first-order valence-corrected chi connectivity index (χ1v) is 15.2. The van der Waals surface area contributed by atoms with Gasteiger partial charge in [0.25, 0.3) is 0 Å². The maximum atomic E-state index is 2.45. The minimum absolute atomic E-state index is 1.20. The predicted molar refractivity (Wildman–Crippen MR) is 182 cm³/mol. The smallest absolute Gasteiger partial charge is 0.0541 e. The number of rotatable bonds is 3. The number of thiophene rings is 1. The Labute approximate surface area is 247 Å². The quantitative estimate of drug-likeness (QED) is 0.206. The molecule has 0 saturated heterocycles. The molecule has 7 aromatic carbocycles. The number of nitrogens with zero attached hydrogens (tertiary/aromatic N) is 1. The molecule has 1 nitrogen and oxygen atoms in total. The van der Waals surface area contributed by atoms with Gasteiger partial charge in [-0.15, -0.1) is 11.3 Å². The van der Waals surface area contributed by atoms with E-state index in [1.165, 1.54) is 80.7 Å². The molecule has 0 fully saturated rings. The summed E-state index contributed by atoms with van der Waals surface area (Å²) in [6.45, 7) is 0. The van der Waals surface area contributed by atoms with E-state index >= 15 is 0 Å². The maximum Gasteiger partial charge on any atom is 0.0541 e. The van der Waals surface area contributed by atoms with Crippen LogP contribution in [0.3, 0.4) is 0 Å². The third kappa shape index (κ3) is 3.49. The Morgan fingerprint density at radius 3 is 1.83 bits per heavy atom. The van der Waals surface area contributed by atoms with E-state index in [0.717, 1.165) is 0 Å². The lowest BCUT2D eigenvalue weighted by Crippen LogP contribution is -1.96. The SMILES string of the molecule is c1ccc(-c2ccc(-n3c4ccccc4c4cc(-c5ccc6sc7ccccc7c6c5)ccc43)c3ccccc23)cc1. The van der Waals surface area contributed by atoms with E-state index in [1.54, 1.807) is 0 Å². The third-order valence-corrected chi connectivity index (χ3v) is 9.76. The maximum absolute atomic E-state index is 2.45. The normalized spacial score (nSPS) is 11.8. The van der Waals surface area contributed by atoms with Crippen LogP contribution in [0, 0.1) is 0 Å². The van der Waals surface area contributed by atoms with Crippen LogP contribution in [0.2, 0.25) is 0 Å². The Morgan fingerprint density at radius 1 is 0.357 bits per heavy atom. The van der Waals surface area contributed by atoms with Gasteiger partial charge in [0.1, 0.15) is 0 Å². The summed E-state index contributed by atoms with van der Waals surface area (Å²) in [5, 5.41) is 7.73. The van der Waals surface area contributed by atoms with Gasteiger partial charge in [-0.2, -0.15) is 0 Å². The Kier molecular flexibility index (Phi) is 5.13. The highest BCUT2D eigenvalue weighted by atomic mass is 32.1. The van der Waals surface area contributed by atoms with Crippen LogP contribution in [0.15, 0.2) is 152 Å². The number of para-hydroxylation sites is 1. The van der Waals surface area contributed by atoms with Gasteiger partial charge in [-0.25, -0.2) is 0 Å². The second-order valence-electron chi connectivity index (χ2n) is 10.9. The molecule has 42 heavy (non-hydrogen) atoms. The lowest BCUT2D eigenvalue weighted by molar-refractivity contribution is 1.20. The summed E-state index contributed by atoms with van der Waals surface area (Å²) >= 11 is 1.87. The minimum atomic E-state index is 1.20. The summed E-state index contributed by atoms with van der Waals surface area (Å²) in [6.07, 6.45) is 0. The molecule has 0 saturated carbocycles. The van der Waals surface area contributed by atoms with Crippen molar-refractivity contribution < 1.29 is 0 Å². The van der Waals surface area contributed by atoms with Gasteiger partial charge >= 0.3 is 0 Å². The zero-order valence-electron chi connectivity index (χ0n) is 22.8. The topological polar surface area (TPSA) is 4.93 Å². The van der Waals surface area contributed by atoms with E-state index in [1.807, 2.05) is 11.3 Å². The van der Waals surface area contributed by atoms with Crippen molar-refractivity contribution in [1.82, 2.24) is 4.57 Å². The van der Waals surface area contributed by atoms with Gasteiger partial charge in [-0.1, -0.05) is 109 Å². The second kappa shape index (κ2) is 9.17. The van der Waals surface area contributed by atoms with Crippen molar-refractivity contribution in [2.24, 2.45) is 0 Å². The largest absolute Gasteiger partial charge is 0.309 e. The van der Waals surface area contributed by atoms with E-state index in [0.29, 0.717) is 0 Å². The Balaban J connectivity index is 1.28. The fourth-order valence-corrected chi connectivity index (χ4v) is 7.75. The van der Waals surface area contributed by atoms with Crippen LogP contribution in [-0.4, -0.2) is 4.57 Å². The first-order chi connectivity index (χ1) is 20.8. The average molecular weight is 552 g/mol. The van der Waals surface area contributed by atoms with Crippen molar-refractivity contribution in [3.63, 3.8) is 0 Å². The van der Waals surface area contributed by atoms with Crippen molar-refractivity contribution in [3.8, 4) is 27.9 Å². The van der Waals surface area contributed by atoms with Crippen molar-refractivity contribution in [2.75, 3.05) is 0 Å². The van der Waals surface area contributed by atoms with Crippen molar-refractivity contribution in [3.05, 3.63) is 152 Å². The summed E-state index contributed by atoms with van der Waals surface area (Å²) in [5.74, 6) is 0. The molecule has 9 aromatic rings. The fourth-order valence-electron chi connectivity index (χ4n) is 6.67. The molecule has 2 heterocycles. The molecular formula is C40H25NS. The summed E-state index contributed by atoms with van der Waals surface area (Å²) < 4.78 is 5.12. The molecule has 0 amide bonds. The summed E-state index contributed by atoms with van der Waals surface area (Å²) in [6, 6.07) is 55.5. The number of hydrogen-bond acceptors (Lipinski definition) is 1. The van der Waals surface area contributed by atoms with Crippen LogP contribution in [0.1, 0.15) is 0 Å².